The first kappa shape index (κ1) is 14.0. The minimum Gasteiger partial charge on any atom is -0.369 e. The number of anilines is 1. The molecule has 0 saturated carbocycles. The number of piperazine rings is 1. The van der Waals surface area contributed by atoms with Crippen LogP contribution in [0.25, 0.3) is 0 Å². The highest BCUT2D eigenvalue weighted by Gasteiger charge is 2.17. The summed E-state index contributed by atoms with van der Waals surface area (Å²) in [6.45, 7) is 4.42. The minimum atomic E-state index is -0.785. The quantitative estimate of drug-likeness (QED) is 0.855. The third-order valence-corrected chi connectivity index (χ3v) is 3.88. The van der Waals surface area contributed by atoms with Crippen molar-refractivity contribution < 1.29 is 8.78 Å². The molecule has 1 aliphatic rings. The number of rotatable bonds is 3. The summed E-state index contributed by atoms with van der Waals surface area (Å²) in [6.07, 6.45) is 0. The Morgan fingerprint density at radius 1 is 0.810 bits per heavy atom. The second kappa shape index (κ2) is 6.22. The zero-order valence-electron chi connectivity index (χ0n) is 11.8. The topological polar surface area (TPSA) is 6.48 Å². The Morgan fingerprint density at radius 2 is 1.52 bits per heavy atom. The van der Waals surface area contributed by atoms with E-state index in [9.17, 15) is 8.78 Å². The van der Waals surface area contributed by atoms with Gasteiger partial charge in [-0.1, -0.05) is 24.3 Å². The van der Waals surface area contributed by atoms with Crippen LogP contribution in [0.3, 0.4) is 0 Å². The van der Waals surface area contributed by atoms with Gasteiger partial charge in [-0.3, -0.25) is 4.90 Å². The number of hydrogen-bond donors (Lipinski definition) is 0. The van der Waals surface area contributed by atoms with Crippen molar-refractivity contribution in [3.8, 4) is 0 Å². The predicted molar refractivity (Wildman–Crippen MR) is 80.3 cm³/mol. The Hall–Kier alpha value is -1.94. The van der Waals surface area contributed by atoms with Gasteiger partial charge in [-0.15, -0.1) is 0 Å². The van der Waals surface area contributed by atoms with Crippen LogP contribution < -0.4 is 4.90 Å². The molecule has 1 saturated heterocycles. The second-order valence-corrected chi connectivity index (χ2v) is 5.35. The van der Waals surface area contributed by atoms with Crippen molar-refractivity contribution in [3.05, 3.63) is 65.7 Å². The molecule has 0 aliphatic carbocycles. The van der Waals surface area contributed by atoms with Crippen LogP contribution >= 0.6 is 0 Å². The van der Waals surface area contributed by atoms with E-state index in [1.807, 2.05) is 18.2 Å². The molecule has 0 amide bonds. The summed E-state index contributed by atoms with van der Waals surface area (Å²) in [5.41, 5.74) is 2.06. The Morgan fingerprint density at radius 3 is 2.19 bits per heavy atom. The Balaban J connectivity index is 1.57. The lowest BCUT2D eigenvalue weighted by Gasteiger charge is -2.36. The molecule has 0 aromatic heterocycles. The van der Waals surface area contributed by atoms with Crippen molar-refractivity contribution in [1.29, 1.82) is 0 Å². The molecule has 4 heteroatoms. The molecule has 2 aromatic carbocycles. The number of para-hydroxylation sites is 1. The highest BCUT2D eigenvalue weighted by molar-refractivity contribution is 5.46. The third-order valence-electron chi connectivity index (χ3n) is 3.88. The molecule has 1 aliphatic heterocycles. The molecule has 0 radical (unpaired) electrons. The molecule has 0 spiro atoms. The normalized spacial score (nSPS) is 16.2. The summed E-state index contributed by atoms with van der Waals surface area (Å²) < 4.78 is 26.1. The summed E-state index contributed by atoms with van der Waals surface area (Å²) in [5.74, 6) is -1.55. The third kappa shape index (κ3) is 3.39. The molecule has 0 unspecified atom stereocenters. The fourth-order valence-corrected chi connectivity index (χ4v) is 2.70. The number of nitrogens with zero attached hydrogens (tertiary/aromatic N) is 2. The molecule has 0 atom stereocenters. The van der Waals surface area contributed by atoms with Crippen molar-refractivity contribution in [1.82, 2.24) is 4.90 Å². The van der Waals surface area contributed by atoms with E-state index >= 15 is 0 Å². The van der Waals surface area contributed by atoms with Gasteiger partial charge in [-0.05, 0) is 29.8 Å². The summed E-state index contributed by atoms with van der Waals surface area (Å²) >= 11 is 0. The number of benzene rings is 2. The fourth-order valence-electron chi connectivity index (χ4n) is 2.70. The predicted octanol–water partition coefficient (Wildman–Crippen LogP) is 3.29. The van der Waals surface area contributed by atoms with Crippen molar-refractivity contribution in [3.63, 3.8) is 0 Å². The Labute approximate surface area is 123 Å². The number of hydrogen-bond acceptors (Lipinski definition) is 2. The van der Waals surface area contributed by atoms with Crippen LogP contribution in [0.15, 0.2) is 48.5 Å². The first-order valence-electron chi connectivity index (χ1n) is 7.18. The monoisotopic (exact) mass is 288 g/mol. The molecule has 1 fully saturated rings. The van der Waals surface area contributed by atoms with Crippen molar-refractivity contribution in [2.75, 3.05) is 31.1 Å². The molecular weight excluding hydrogens is 270 g/mol. The maximum atomic E-state index is 13.2. The van der Waals surface area contributed by atoms with E-state index in [0.717, 1.165) is 31.7 Å². The molecule has 110 valence electrons. The molecule has 1 heterocycles. The second-order valence-electron chi connectivity index (χ2n) is 5.35. The lowest BCUT2D eigenvalue weighted by atomic mass is 10.2. The molecule has 2 nitrogen and oxygen atoms in total. The van der Waals surface area contributed by atoms with Gasteiger partial charge in [0.2, 0.25) is 0 Å². The highest BCUT2D eigenvalue weighted by atomic mass is 19.2. The number of halogens is 2. The maximum absolute atomic E-state index is 13.2. The molecule has 0 bridgehead atoms. The van der Waals surface area contributed by atoms with Gasteiger partial charge >= 0.3 is 0 Å². The minimum absolute atomic E-state index is 0.666. The zero-order valence-corrected chi connectivity index (χ0v) is 11.8. The first-order valence-corrected chi connectivity index (χ1v) is 7.18. The lowest BCUT2D eigenvalue weighted by molar-refractivity contribution is 0.249. The van der Waals surface area contributed by atoms with Crippen LogP contribution in [0.1, 0.15) is 5.56 Å². The van der Waals surface area contributed by atoms with E-state index < -0.39 is 11.6 Å². The molecule has 0 N–H and O–H groups in total. The smallest absolute Gasteiger partial charge is 0.159 e. The van der Waals surface area contributed by atoms with E-state index in [0.29, 0.717) is 6.54 Å². The average molecular weight is 288 g/mol. The van der Waals surface area contributed by atoms with Gasteiger partial charge in [0.25, 0.3) is 0 Å². The van der Waals surface area contributed by atoms with Crippen LogP contribution in [-0.2, 0) is 6.54 Å². The van der Waals surface area contributed by atoms with E-state index in [2.05, 4.69) is 21.9 Å². The molecular formula is C17H18F2N2. The van der Waals surface area contributed by atoms with Gasteiger partial charge < -0.3 is 4.90 Å². The van der Waals surface area contributed by atoms with Gasteiger partial charge in [-0.25, -0.2) is 8.78 Å². The van der Waals surface area contributed by atoms with Crippen LogP contribution in [0.5, 0.6) is 0 Å². The van der Waals surface area contributed by atoms with Crippen LogP contribution in [0.2, 0.25) is 0 Å². The van der Waals surface area contributed by atoms with Crippen LogP contribution in [0, 0.1) is 11.6 Å². The largest absolute Gasteiger partial charge is 0.369 e. The maximum Gasteiger partial charge on any atom is 0.159 e. The van der Waals surface area contributed by atoms with Gasteiger partial charge in [0.15, 0.2) is 11.6 Å². The fraction of sp³-hybridized carbons (Fsp3) is 0.294. The SMILES string of the molecule is Fc1ccc(CN2CCN(c3ccccc3)CC2)cc1F. The van der Waals surface area contributed by atoms with Crippen molar-refractivity contribution in [2.24, 2.45) is 0 Å². The Kier molecular flexibility index (Phi) is 4.15. The van der Waals surface area contributed by atoms with Crippen molar-refractivity contribution >= 4 is 5.69 Å². The standard InChI is InChI=1S/C17H18F2N2/c18-16-7-6-14(12-17(16)19)13-20-8-10-21(11-9-20)15-4-2-1-3-5-15/h1-7,12H,8-11,13H2. The first-order chi connectivity index (χ1) is 10.2. The van der Waals surface area contributed by atoms with E-state index in [1.165, 1.54) is 17.8 Å². The van der Waals surface area contributed by atoms with E-state index in [4.69, 9.17) is 0 Å². The van der Waals surface area contributed by atoms with Crippen LogP contribution in [0.4, 0.5) is 14.5 Å². The lowest BCUT2D eigenvalue weighted by Crippen LogP contribution is -2.45. The summed E-state index contributed by atoms with van der Waals surface area (Å²) in [6, 6.07) is 14.5. The van der Waals surface area contributed by atoms with Crippen molar-refractivity contribution in [2.45, 2.75) is 6.54 Å². The van der Waals surface area contributed by atoms with Gasteiger partial charge in [-0.2, -0.15) is 0 Å². The average Bonchev–Trinajstić information content (AvgIpc) is 2.53. The summed E-state index contributed by atoms with van der Waals surface area (Å²) in [5, 5.41) is 0. The van der Waals surface area contributed by atoms with Crippen LogP contribution in [-0.4, -0.2) is 31.1 Å². The van der Waals surface area contributed by atoms with E-state index in [1.54, 1.807) is 6.07 Å². The molecule has 2 aromatic rings. The zero-order chi connectivity index (χ0) is 14.7. The summed E-state index contributed by atoms with van der Waals surface area (Å²) in [4.78, 5) is 4.62. The summed E-state index contributed by atoms with van der Waals surface area (Å²) in [7, 11) is 0. The van der Waals surface area contributed by atoms with Gasteiger partial charge in [0.05, 0.1) is 0 Å². The molecule has 3 rings (SSSR count). The highest BCUT2D eigenvalue weighted by Crippen LogP contribution is 2.17. The van der Waals surface area contributed by atoms with Gasteiger partial charge in [0, 0.05) is 38.4 Å². The van der Waals surface area contributed by atoms with E-state index in [-0.39, 0.29) is 0 Å². The Bertz CT molecular complexity index is 593. The van der Waals surface area contributed by atoms with Gasteiger partial charge in [0.1, 0.15) is 0 Å². The molecule has 21 heavy (non-hydrogen) atoms.